The minimum Gasteiger partial charge on any atom is -0.322 e. The van der Waals surface area contributed by atoms with E-state index < -0.39 is 0 Å². The van der Waals surface area contributed by atoms with Gasteiger partial charge in [0.15, 0.2) is 0 Å². The first-order valence-corrected chi connectivity index (χ1v) is 7.29. The molecule has 0 fully saturated rings. The summed E-state index contributed by atoms with van der Waals surface area (Å²) in [6.07, 6.45) is 1.80. The van der Waals surface area contributed by atoms with Gasteiger partial charge in [-0.3, -0.25) is 4.68 Å². The van der Waals surface area contributed by atoms with Crippen molar-refractivity contribution in [3.8, 4) is 0 Å². The van der Waals surface area contributed by atoms with Gasteiger partial charge in [0, 0.05) is 22.8 Å². The summed E-state index contributed by atoms with van der Waals surface area (Å²) >= 11 is 5.27. The summed E-state index contributed by atoms with van der Waals surface area (Å²) in [5.74, 6) is 0. The summed E-state index contributed by atoms with van der Waals surface area (Å²) in [5, 5.41) is 6.51. The quantitative estimate of drug-likeness (QED) is 0.942. The third-order valence-corrected chi connectivity index (χ3v) is 4.75. The van der Waals surface area contributed by atoms with Gasteiger partial charge in [0.25, 0.3) is 0 Å². The van der Waals surface area contributed by atoms with Crippen LogP contribution >= 0.6 is 27.3 Å². The van der Waals surface area contributed by atoms with Crippen molar-refractivity contribution in [2.75, 3.05) is 0 Å². The molecule has 0 radical (unpaired) electrons. The second-order valence-corrected chi connectivity index (χ2v) is 5.90. The Morgan fingerprint density at radius 2 is 2.35 bits per heavy atom. The highest BCUT2D eigenvalue weighted by atomic mass is 79.9. The molecule has 1 atom stereocenters. The summed E-state index contributed by atoms with van der Waals surface area (Å²) in [7, 11) is 1.96. The average Bonchev–Trinajstić information content (AvgIpc) is 2.86. The zero-order valence-electron chi connectivity index (χ0n) is 9.98. The summed E-state index contributed by atoms with van der Waals surface area (Å²) in [5.41, 5.74) is 8.45. The van der Waals surface area contributed by atoms with Crippen LogP contribution in [-0.4, -0.2) is 9.78 Å². The summed E-state index contributed by atoms with van der Waals surface area (Å²) in [6.45, 7) is 2.10. The van der Waals surface area contributed by atoms with Crippen LogP contribution in [0.3, 0.4) is 0 Å². The van der Waals surface area contributed by atoms with Gasteiger partial charge in [-0.05, 0) is 39.9 Å². The zero-order chi connectivity index (χ0) is 12.4. The lowest BCUT2D eigenvalue weighted by atomic mass is 10.1. The third-order valence-electron chi connectivity index (χ3n) is 2.81. The van der Waals surface area contributed by atoms with Crippen molar-refractivity contribution in [2.24, 2.45) is 12.8 Å². The maximum atomic E-state index is 6.25. The van der Waals surface area contributed by atoms with E-state index in [9.17, 15) is 0 Å². The van der Waals surface area contributed by atoms with Crippen LogP contribution in [0.1, 0.15) is 29.2 Å². The fraction of sp³-hybridized carbons (Fsp3) is 0.417. The van der Waals surface area contributed by atoms with Gasteiger partial charge in [0.1, 0.15) is 0 Å². The Hall–Kier alpha value is -0.650. The van der Waals surface area contributed by atoms with E-state index in [0.717, 1.165) is 28.7 Å². The van der Waals surface area contributed by atoms with Gasteiger partial charge in [0.05, 0.1) is 17.4 Å². The predicted octanol–water partition coefficient (Wildman–Crippen LogP) is 3.05. The Labute approximate surface area is 114 Å². The number of thiophene rings is 1. The third kappa shape index (κ3) is 2.78. The molecule has 2 heterocycles. The van der Waals surface area contributed by atoms with Gasteiger partial charge in [-0.2, -0.15) is 5.10 Å². The van der Waals surface area contributed by atoms with E-state index >= 15 is 0 Å². The molecule has 2 aromatic heterocycles. The van der Waals surface area contributed by atoms with Crippen LogP contribution in [0.15, 0.2) is 22.0 Å². The first-order chi connectivity index (χ1) is 8.11. The number of hydrogen-bond donors (Lipinski definition) is 1. The molecule has 3 nitrogen and oxygen atoms in total. The Kier molecular flexibility index (Phi) is 4.01. The SMILES string of the molecule is CCc1cc(C(N)Cc2sccc2Br)n(C)n1. The summed E-state index contributed by atoms with van der Waals surface area (Å²) < 4.78 is 3.04. The van der Waals surface area contributed by atoms with E-state index in [1.807, 2.05) is 11.7 Å². The van der Waals surface area contributed by atoms with Crippen molar-refractivity contribution in [1.29, 1.82) is 0 Å². The molecule has 0 saturated heterocycles. The summed E-state index contributed by atoms with van der Waals surface area (Å²) in [4.78, 5) is 1.29. The summed E-state index contributed by atoms with van der Waals surface area (Å²) in [6, 6.07) is 4.17. The van der Waals surface area contributed by atoms with Gasteiger partial charge in [-0.15, -0.1) is 11.3 Å². The zero-order valence-corrected chi connectivity index (χ0v) is 12.4. The van der Waals surface area contributed by atoms with Crippen molar-refractivity contribution < 1.29 is 0 Å². The molecule has 2 rings (SSSR count). The van der Waals surface area contributed by atoms with E-state index in [1.165, 1.54) is 4.88 Å². The largest absolute Gasteiger partial charge is 0.322 e. The van der Waals surface area contributed by atoms with Crippen molar-refractivity contribution in [3.05, 3.63) is 38.3 Å². The minimum atomic E-state index is 0.00255. The average molecular weight is 314 g/mol. The Morgan fingerprint density at radius 1 is 1.59 bits per heavy atom. The number of hydrogen-bond acceptors (Lipinski definition) is 3. The first kappa shape index (κ1) is 12.8. The van der Waals surface area contributed by atoms with Crippen LogP contribution in [-0.2, 0) is 19.9 Å². The lowest BCUT2D eigenvalue weighted by Gasteiger charge is -2.11. The minimum absolute atomic E-state index is 0.00255. The molecule has 0 aliphatic carbocycles. The molecule has 0 spiro atoms. The van der Waals surface area contributed by atoms with E-state index in [2.05, 4.69) is 45.5 Å². The maximum Gasteiger partial charge on any atom is 0.0625 e. The Morgan fingerprint density at radius 3 is 2.88 bits per heavy atom. The highest BCUT2D eigenvalue weighted by Gasteiger charge is 2.15. The highest BCUT2D eigenvalue weighted by molar-refractivity contribution is 9.10. The van der Waals surface area contributed by atoms with Crippen LogP contribution in [0, 0.1) is 0 Å². The molecule has 1 unspecified atom stereocenters. The topological polar surface area (TPSA) is 43.8 Å². The van der Waals surface area contributed by atoms with Crippen LogP contribution in [0.25, 0.3) is 0 Å². The second-order valence-electron chi connectivity index (χ2n) is 4.04. The van der Waals surface area contributed by atoms with Crippen molar-refractivity contribution in [3.63, 3.8) is 0 Å². The number of aryl methyl sites for hydroxylation is 2. The molecule has 0 saturated carbocycles. The molecular weight excluding hydrogens is 298 g/mol. The smallest absolute Gasteiger partial charge is 0.0625 e. The van der Waals surface area contributed by atoms with Crippen LogP contribution in [0.2, 0.25) is 0 Å². The molecule has 0 aromatic carbocycles. The van der Waals surface area contributed by atoms with Gasteiger partial charge >= 0.3 is 0 Å². The fourth-order valence-corrected chi connectivity index (χ4v) is 3.41. The van der Waals surface area contributed by atoms with Gasteiger partial charge in [0.2, 0.25) is 0 Å². The predicted molar refractivity (Wildman–Crippen MR) is 75.2 cm³/mol. The van der Waals surface area contributed by atoms with E-state index in [1.54, 1.807) is 11.3 Å². The number of aromatic nitrogens is 2. The molecule has 2 N–H and O–H groups in total. The molecule has 0 bridgehead atoms. The molecule has 92 valence electrons. The van der Waals surface area contributed by atoms with Crippen LogP contribution < -0.4 is 5.73 Å². The molecular formula is C12H16BrN3S. The molecule has 17 heavy (non-hydrogen) atoms. The fourth-order valence-electron chi connectivity index (χ4n) is 1.84. The van der Waals surface area contributed by atoms with Gasteiger partial charge < -0.3 is 5.73 Å². The Bertz CT molecular complexity index is 504. The van der Waals surface area contributed by atoms with E-state index in [4.69, 9.17) is 5.73 Å². The standard InChI is InChI=1S/C12H16BrN3S/c1-3-8-6-11(16(2)15-8)10(14)7-12-9(13)4-5-17-12/h4-6,10H,3,7,14H2,1-2H3. The van der Waals surface area contributed by atoms with Gasteiger partial charge in [-0.25, -0.2) is 0 Å². The first-order valence-electron chi connectivity index (χ1n) is 5.62. The normalized spacial score (nSPS) is 12.9. The molecule has 0 aliphatic heterocycles. The lowest BCUT2D eigenvalue weighted by molar-refractivity contribution is 0.616. The molecule has 2 aromatic rings. The number of halogens is 1. The molecule has 5 heteroatoms. The lowest BCUT2D eigenvalue weighted by Crippen LogP contribution is -2.16. The Balaban J connectivity index is 2.17. The van der Waals surface area contributed by atoms with Crippen LogP contribution in [0.5, 0.6) is 0 Å². The number of rotatable bonds is 4. The van der Waals surface area contributed by atoms with Gasteiger partial charge in [-0.1, -0.05) is 6.92 Å². The van der Waals surface area contributed by atoms with E-state index in [-0.39, 0.29) is 6.04 Å². The maximum absolute atomic E-state index is 6.25. The highest BCUT2D eigenvalue weighted by Crippen LogP contribution is 2.27. The van der Waals surface area contributed by atoms with Crippen molar-refractivity contribution >= 4 is 27.3 Å². The molecule has 0 amide bonds. The van der Waals surface area contributed by atoms with E-state index in [0.29, 0.717) is 0 Å². The van der Waals surface area contributed by atoms with Crippen LogP contribution in [0.4, 0.5) is 0 Å². The second kappa shape index (κ2) is 5.33. The molecule has 0 aliphatic rings. The number of nitrogens with two attached hydrogens (primary N) is 1. The van der Waals surface area contributed by atoms with Crippen molar-refractivity contribution in [2.45, 2.75) is 25.8 Å². The number of nitrogens with zero attached hydrogens (tertiary/aromatic N) is 2. The monoisotopic (exact) mass is 313 g/mol. The van der Waals surface area contributed by atoms with Crippen molar-refractivity contribution in [1.82, 2.24) is 9.78 Å².